The third-order valence-electron chi connectivity index (χ3n) is 4.38. The minimum Gasteiger partial charge on any atom is -0.488 e. The van der Waals surface area contributed by atoms with Crippen LogP contribution in [0.3, 0.4) is 0 Å². The Morgan fingerprint density at radius 1 is 1.30 bits per heavy atom. The van der Waals surface area contributed by atoms with Crippen molar-refractivity contribution in [3.8, 4) is 5.75 Å². The largest absolute Gasteiger partial charge is 0.488 e. The maximum atomic E-state index is 14.4. The van der Waals surface area contributed by atoms with Crippen LogP contribution >= 0.6 is 0 Å². The first-order valence-electron chi connectivity index (χ1n) is 7.33. The lowest BCUT2D eigenvalue weighted by Gasteiger charge is -2.47. The second-order valence-corrected chi connectivity index (χ2v) is 6.28. The molecule has 1 aromatic rings. The van der Waals surface area contributed by atoms with Crippen molar-refractivity contribution in [1.29, 1.82) is 0 Å². The molecule has 2 aliphatic heterocycles. The van der Waals surface area contributed by atoms with E-state index in [1.54, 1.807) is 13.8 Å². The summed E-state index contributed by atoms with van der Waals surface area (Å²) in [5.74, 6) is -3.39. The molecular weight excluding hydrogens is 318 g/mol. The minimum absolute atomic E-state index is 0.0336. The zero-order valence-corrected chi connectivity index (χ0v) is 12.6. The van der Waals surface area contributed by atoms with Gasteiger partial charge in [0, 0.05) is 12.5 Å². The van der Waals surface area contributed by atoms with Crippen LogP contribution in [0.4, 0.5) is 17.6 Å². The average Bonchev–Trinajstić information content (AvgIpc) is 2.74. The van der Waals surface area contributed by atoms with Crippen molar-refractivity contribution in [2.75, 3.05) is 0 Å². The van der Waals surface area contributed by atoms with Crippen LogP contribution < -0.4 is 4.74 Å². The van der Waals surface area contributed by atoms with E-state index in [1.165, 1.54) is 4.90 Å². The molecule has 2 unspecified atom stereocenters. The summed E-state index contributed by atoms with van der Waals surface area (Å²) in [4.78, 5) is 1.28. The Balaban J connectivity index is 2.11. The molecule has 0 aliphatic carbocycles. The Morgan fingerprint density at radius 2 is 1.96 bits per heavy atom. The summed E-state index contributed by atoms with van der Waals surface area (Å²) in [7, 11) is 0. The van der Waals surface area contributed by atoms with Crippen LogP contribution in [0.2, 0.25) is 0 Å². The first-order chi connectivity index (χ1) is 10.5. The lowest BCUT2D eigenvalue weighted by molar-refractivity contribution is -0.310. The van der Waals surface area contributed by atoms with Crippen LogP contribution in [0, 0.1) is 5.82 Å². The highest BCUT2D eigenvalue weighted by molar-refractivity contribution is 5.46. The quantitative estimate of drug-likeness (QED) is 0.612. The molecule has 0 aromatic heterocycles. The van der Waals surface area contributed by atoms with E-state index in [4.69, 9.17) is 4.74 Å². The number of likely N-dealkylation sites (tertiary alicyclic amines) is 1. The first kappa shape index (κ1) is 16.5. The van der Waals surface area contributed by atoms with Gasteiger partial charge in [0.05, 0.1) is 17.2 Å². The average molecular weight is 335 g/mol. The third kappa shape index (κ3) is 2.58. The van der Waals surface area contributed by atoms with E-state index >= 15 is 0 Å². The monoisotopic (exact) mass is 335 g/mol. The molecule has 0 amide bonds. The van der Waals surface area contributed by atoms with Gasteiger partial charge in [-0.1, -0.05) is 0 Å². The molecule has 2 aliphatic rings. The summed E-state index contributed by atoms with van der Waals surface area (Å²) in [5.41, 5.74) is -1.17. The number of rotatable bonds is 1. The van der Waals surface area contributed by atoms with E-state index in [-0.39, 0.29) is 30.2 Å². The third-order valence-corrected chi connectivity index (χ3v) is 4.38. The first-order valence-corrected chi connectivity index (χ1v) is 7.33. The van der Waals surface area contributed by atoms with Gasteiger partial charge in [-0.25, -0.2) is 9.29 Å². The number of halogens is 4. The Labute approximate surface area is 130 Å². The fourth-order valence-corrected chi connectivity index (χ4v) is 3.51. The molecule has 23 heavy (non-hydrogen) atoms. The summed E-state index contributed by atoms with van der Waals surface area (Å²) in [6.45, 7) is 3.40. The number of piperidine rings is 1. The van der Waals surface area contributed by atoms with E-state index in [0.29, 0.717) is 6.07 Å². The van der Waals surface area contributed by atoms with E-state index in [1.807, 2.05) is 0 Å². The molecule has 3 rings (SSSR count). The smallest absolute Gasteiger partial charge is 0.416 e. The van der Waals surface area contributed by atoms with Gasteiger partial charge in [-0.3, -0.25) is 0 Å². The predicted octanol–water partition coefficient (Wildman–Crippen LogP) is 2.79. The Morgan fingerprint density at radius 3 is 2.52 bits per heavy atom. The van der Waals surface area contributed by atoms with Gasteiger partial charge in [-0.2, -0.15) is 13.2 Å². The highest BCUT2D eigenvalue weighted by Gasteiger charge is 2.53. The molecule has 2 atom stereocenters. The Bertz CT molecular complexity index is 630. The molecule has 2 N–H and O–H groups in total. The molecule has 0 spiro atoms. The fourth-order valence-electron chi connectivity index (χ4n) is 3.51. The Hall–Kier alpha value is -1.38. The standard InChI is InChI=1S/C15H17F4NO3/c1-7(2)20-13-10(3-4-14(20,21)22)23-11-6-8(15(17,18)19)5-9(16)12(11)13/h5-7,10,13,21-22H,3-4H2,1-2H3. The van der Waals surface area contributed by atoms with Crippen LogP contribution in [0.15, 0.2) is 12.1 Å². The lowest BCUT2D eigenvalue weighted by atomic mass is 9.90. The molecule has 1 fully saturated rings. The molecule has 4 nitrogen and oxygen atoms in total. The van der Waals surface area contributed by atoms with E-state index < -0.39 is 35.6 Å². The van der Waals surface area contributed by atoms with Crippen LogP contribution in [0.5, 0.6) is 5.75 Å². The van der Waals surface area contributed by atoms with Gasteiger partial charge >= 0.3 is 6.18 Å². The molecule has 1 aromatic carbocycles. The summed E-state index contributed by atoms with van der Waals surface area (Å²) in [6.07, 6.45) is -5.12. The molecule has 2 heterocycles. The van der Waals surface area contributed by atoms with Gasteiger partial charge in [0.1, 0.15) is 17.7 Å². The molecule has 0 bridgehead atoms. The summed E-state index contributed by atoms with van der Waals surface area (Å²) in [6, 6.07) is -0.00940. The fraction of sp³-hybridized carbons (Fsp3) is 0.600. The SMILES string of the molecule is CC(C)N1C2c3c(F)cc(C(F)(F)F)cc3OC2CCC1(O)O. The highest BCUT2D eigenvalue weighted by Crippen LogP contribution is 2.51. The van der Waals surface area contributed by atoms with Crippen molar-refractivity contribution in [1.82, 2.24) is 4.90 Å². The molecule has 8 heteroatoms. The Kier molecular flexibility index (Phi) is 3.62. The molecular formula is C15H17F4NO3. The van der Waals surface area contributed by atoms with Crippen LogP contribution in [0.25, 0.3) is 0 Å². The zero-order chi connectivity index (χ0) is 17.2. The van der Waals surface area contributed by atoms with Crippen LogP contribution in [0.1, 0.15) is 43.9 Å². The van der Waals surface area contributed by atoms with Gasteiger partial charge in [0.15, 0.2) is 0 Å². The van der Waals surface area contributed by atoms with Gasteiger partial charge in [0.25, 0.3) is 0 Å². The zero-order valence-electron chi connectivity index (χ0n) is 12.6. The number of aliphatic hydroxyl groups is 2. The van der Waals surface area contributed by atoms with Crippen molar-refractivity contribution >= 4 is 0 Å². The molecule has 1 saturated heterocycles. The second kappa shape index (κ2) is 5.06. The van der Waals surface area contributed by atoms with E-state index in [0.717, 1.165) is 6.07 Å². The van der Waals surface area contributed by atoms with Crippen LogP contribution in [-0.4, -0.2) is 33.2 Å². The number of nitrogens with zero attached hydrogens (tertiary/aromatic N) is 1. The van der Waals surface area contributed by atoms with Crippen molar-refractivity contribution in [3.63, 3.8) is 0 Å². The van der Waals surface area contributed by atoms with E-state index in [9.17, 15) is 27.8 Å². The van der Waals surface area contributed by atoms with Crippen LogP contribution in [-0.2, 0) is 6.18 Å². The minimum atomic E-state index is -4.68. The highest BCUT2D eigenvalue weighted by atomic mass is 19.4. The number of hydrogen-bond acceptors (Lipinski definition) is 4. The van der Waals surface area contributed by atoms with Crippen molar-refractivity contribution < 1.29 is 32.5 Å². The van der Waals surface area contributed by atoms with Gasteiger partial charge in [-0.05, 0) is 32.4 Å². The topological polar surface area (TPSA) is 52.9 Å². The molecule has 0 radical (unpaired) electrons. The molecule has 128 valence electrons. The van der Waals surface area contributed by atoms with Gasteiger partial charge < -0.3 is 14.9 Å². The number of fused-ring (bicyclic) bond motifs is 3. The summed E-state index contributed by atoms with van der Waals surface area (Å²) in [5, 5.41) is 20.4. The predicted molar refractivity (Wildman–Crippen MR) is 71.9 cm³/mol. The number of hydrogen-bond donors (Lipinski definition) is 2. The maximum Gasteiger partial charge on any atom is 0.416 e. The lowest BCUT2D eigenvalue weighted by Crippen LogP contribution is -2.59. The normalized spacial score (nSPS) is 26.8. The van der Waals surface area contributed by atoms with Gasteiger partial charge in [-0.15, -0.1) is 0 Å². The summed E-state index contributed by atoms with van der Waals surface area (Å²) < 4.78 is 58.3. The van der Waals surface area contributed by atoms with Crippen molar-refractivity contribution in [2.24, 2.45) is 0 Å². The van der Waals surface area contributed by atoms with Crippen molar-refractivity contribution in [2.45, 2.75) is 57.0 Å². The number of benzene rings is 1. The number of alkyl halides is 3. The second-order valence-electron chi connectivity index (χ2n) is 6.28. The maximum absolute atomic E-state index is 14.4. The summed E-state index contributed by atoms with van der Waals surface area (Å²) >= 11 is 0. The molecule has 0 saturated carbocycles. The number of ether oxygens (including phenoxy) is 1. The van der Waals surface area contributed by atoms with E-state index in [2.05, 4.69) is 0 Å². The van der Waals surface area contributed by atoms with Crippen molar-refractivity contribution in [3.05, 3.63) is 29.1 Å². The van der Waals surface area contributed by atoms with Gasteiger partial charge in [0.2, 0.25) is 5.91 Å².